The van der Waals surface area contributed by atoms with Crippen LogP contribution in [0, 0.1) is 0 Å². The van der Waals surface area contributed by atoms with E-state index < -0.39 is 0 Å². The van der Waals surface area contributed by atoms with Crippen LogP contribution in [0.25, 0.3) is 0 Å². The number of likely N-dealkylation sites (tertiary alicyclic amines) is 1. The fourth-order valence-corrected chi connectivity index (χ4v) is 4.79. The molecule has 2 saturated heterocycles. The van der Waals surface area contributed by atoms with Crippen molar-refractivity contribution in [1.29, 1.82) is 0 Å². The molecule has 176 valence electrons. The molecule has 2 aliphatic heterocycles. The number of benzene rings is 2. The van der Waals surface area contributed by atoms with Gasteiger partial charge < -0.3 is 15.4 Å². The first-order valence-corrected chi connectivity index (χ1v) is 11.9. The van der Waals surface area contributed by atoms with E-state index in [1.54, 1.807) is 18.2 Å². The third-order valence-corrected chi connectivity index (χ3v) is 6.33. The zero-order valence-electron chi connectivity index (χ0n) is 18.4. The van der Waals surface area contributed by atoms with Crippen LogP contribution in [0.4, 0.5) is 11.4 Å². The fourth-order valence-electron chi connectivity index (χ4n) is 4.26. The van der Waals surface area contributed by atoms with E-state index in [2.05, 4.69) is 15.5 Å². The molecule has 0 aromatic heterocycles. The lowest BCUT2D eigenvalue weighted by Crippen LogP contribution is -2.43. The molecular weight excluding hydrogens is 463 g/mol. The van der Waals surface area contributed by atoms with Gasteiger partial charge in [-0.25, -0.2) is 0 Å². The number of morpholine rings is 1. The first kappa shape index (κ1) is 24.0. The van der Waals surface area contributed by atoms with Crippen molar-refractivity contribution in [1.82, 2.24) is 9.80 Å². The average molecular weight is 491 g/mol. The Labute approximate surface area is 204 Å². The summed E-state index contributed by atoms with van der Waals surface area (Å²) in [6, 6.07) is 12.5. The second-order valence-electron chi connectivity index (χ2n) is 8.41. The SMILES string of the molecule is O=C(CN1CCCC1C(=O)Nc1cc(Cl)cc(Cl)c1)Nc1ccc(CN2CCOCC2)cc1. The summed E-state index contributed by atoms with van der Waals surface area (Å²) < 4.78 is 5.39. The number of nitrogens with one attached hydrogen (secondary N) is 2. The standard InChI is InChI=1S/C24H28Cl2N4O3/c25-18-12-19(26)14-21(13-18)28-24(32)22-2-1-7-30(22)16-23(31)27-20-5-3-17(4-6-20)15-29-8-10-33-11-9-29/h3-6,12-14,22H,1-2,7-11,15-16H2,(H,27,31)(H,28,32). The number of nitrogens with zero attached hydrogens (tertiary/aromatic N) is 2. The molecule has 0 spiro atoms. The first-order chi connectivity index (χ1) is 16.0. The summed E-state index contributed by atoms with van der Waals surface area (Å²) in [5, 5.41) is 6.72. The predicted octanol–water partition coefficient (Wildman–Crippen LogP) is 3.87. The number of carbonyl (C=O) groups excluding carboxylic acids is 2. The highest BCUT2D eigenvalue weighted by atomic mass is 35.5. The smallest absolute Gasteiger partial charge is 0.241 e. The molecule has 33 heavy (non-hydrogen) atoms. The van der Waals surface area contributed by atoms with Crippen molar-refractivity contribution in [3.05, 3.63) is 58.1 Å². The molecule has 2 amide bonds. The summed E-state index contributed by atoms with van der Waals surface area (Å²) in [4.78, 5) is 29.7. The van der Waals surface area contributed by atoms with Crippen molar-refractivity contribution in [3.8, 4) is 0 Å². The minimum atomic E-state index is -0.371. The molecule has 0 radical (unpaired) electrons. The third kappa shape index (κ3) is 6.91. The quantitative estimate of drug-likeness (QED) is 0.616. The fraction of sp³-hybridized carbons (Fsp3) is 0.417. The maximum Gasteiger partial charge on any atom is 0.241 e. The molecule has 1 atom stereocenters. The molecule has 7 nitrogen and oxygen atoms in total. The molecule has 2 heterocycles. The molecule has 2 aromatic rings. The largest absolute Gasteiger partial charge is 0.379 e. The van der Waals surface area contributed by atoms with Gasteiger partial charge in [0.15, 0.2) is 0 Å². The number of rotatable bonds is 7. The van der Waals surface area contributed by atoms with E-state index in [-0.39, 0.29) is 24.4 Å². The van der Waals surface area contributed by atoms with Gasteiger partial charge in [-0.05, 0) is 55.3 Å². The molecule has 0 bridgehead atoms. The van der Waals surface area contributed by atoms with Crippen molar-refractivity contribution in [2.45, 2.75) is 25.4 Å². The normalized spacial score (nSPS) is 19.4. The zero-order chi connectivity index (χ0) is 23.2. The number of anilines is 2. The summed E-state index contributed by atoms with van der Waals surface area (Å²) in [6.07, 6.45) is 1.56. The lowest BCUT2D eigenvalue weighted by molar-refractivity contribution is -0.122. The van der Waals surface area contributed by atoms with E-state index in [4.69, 9.17) is 27.9 Å². The summed E-state index contributed by atoms with van der Waals surface area (Å²) in [5.74, 6) is -0.299. The van der Waals surface area contributed by atoms with Crippen LogP contribution < -0.4 is 10.6 Å². The Morgan fingerprint density at radius 1 is 0.939 bits per heavy atom. The van der Waals surface area contributed by atoms with Gasteiger partial charge >= 0.3 is 0 Å². The number of hydrogen-bond acceptors (Lipinski definition) is 5. The maximum absolute atomic E-state index is 12.8. The van der Waals surface area contributed by atoms with Crippen molar-refractivity contribution in [2.24, 2.45) is 0 Å². The highest BCUT2D eigenvalue weighted by Crippen LogP contribution is 2.24. The molecule has 4 rings (SSSR count). The Balaban J connectivity index is 1.28. The van der Waals surface area contributed by atoms with Crippen molar-refractivity contribution in [2.75, 3.05) is 50.0 Å². The molecule has 2 aliphatic rings. The Hall–Kier alpha value is -2.16. The minimum Gasteiger partial charge on any atom is -0.379 e. The van der Waals surface area contributed by atoms with E-state index in [0.29, 0.717) is 28.7 Å². The van der Waals surface area contributed by atoms with Gasteiger partial charge in [0, 0.05) is 41.1 Å². The summed E-state index contributed by atoms with van der Waals surface area (Å²) >= 11 is 12.0. The lowest BCUT2D eigenvalue weighted by atomic mass is 10.2. The van der Waals surface area contributed by atoms with Crippen LogP contribution in [-0.4, -0.2) is 67.0 Å². The van der Waals surface area contributed by atoms with Crippen LogP contribution in [0.2, 0.25) is 10.0 Å². The predicted molar refractivity (Wildman–Crippen MR) is 131 cm³/mol. The molecule has 2 aromatic carbocycles. The van der Waals surface area contributed by atoms with E-state index in [1.165, 1.54) is 5.56 Å². The van der Waals surface area contributed by atoms with Gasteiger partial charge in [0.05, 0.1) is 25.8 Å². The van der Waals surface area contributed by atoms with Gasteiger partial charge in [-0.15, -0.1) is 0 Å². The highest BCUT2D eigenvalue weighted by Gasteiger charge is 2.32. The summed E-state index contributed by atoms with van der Waals surface area (Å²) in [5.41, 5.74) is 2.50. The Morgan fingerprint density at radius 3 is 2.33 bits per heavy atom. The molecule has 9 heteroatoms. The van der Waals surface area contributed by atoms with Gasteiger partial charge in [0.2, 0.25) is 11.8 Å². The summed E-state index contributed by atoms with van der Waals surface area (Å²) in [6.45, 7) is 5.15. The highest BCUT2D eigenvalue weighted by molar-refractivity contribution is 6.35. The van der Waals surface area contributed by atoms with Crippen LogP contribution in [0.3, 0.4) is 0 Å². The molecule has 1 unspecified atom stereocenters. The van der Waals surface area contributed by atoms with Crippen molar-refractivity contribution >= 4 is 46.4 Å². The van der Waals surface area contributed by atoms with Crippen LogP contribution in [0.1, 0.15) is 18.4 Å². The average Bonchev–Trinajstić information content (AvgIpc) is 3.23. The number of amides is 2. The van der Waals surface area contributed by atoms with Gasteiger partial charge in [0.1, 0.15) is 0 Å². The molecular formula is C24H28Cl2N4O3. The maximum atomic E-state index is 12.8. The second kappa shape index (κ2) is 11.3. The minimum absolute atomic E-state index is 0.138. The molecule has 0 aliphatic carbocycles. The third-order valence-electron chi connectivity index (χ3n) is 5.89. The number of halogens is 2. The van der Waals surface area contributed by atoms with Gasteiger partial charge in [-0.2, -0.15) is 0 Å². The van der Waals surface area contributed by atoms with Gasteiger partial charge in [0.25, 0.3) is 0 Å². The number of carbonyl (C=O) groups is 2. The van der Waals surface area contributed by atoms with E-state index >= 15 is 0 Å². The monoisotopic (exact) mass is 490 g/mol. The zero-order valence-corrected chi connectivity index (χ0v) is 19.9. The van der Waals surface area contributed by atoms with Crippen LogP contribution in [0.15, 0.2) is 42.5 Å². The topological polar surface area (TPSA) is 73.9 Å². The number of ether oxygens (including phenoxy) is 1. The summed E-state index contributed by atoms with van der Waals surface area (Å²) in [7, 11) is 0. The van der Waals surface area contributed by atoms with E-state index in [0.717, 1.165) is 45.0 Å². The van der Waals surface area contributed by atoms with E-state index in [1.807, 2.05) is 29.2 Å². The Bertz CT molecular complexity index is 960. The van der Waals surface area contributed by atoms with Crippen LogP contribution in [0.5, 0.6) is 0 Å². The van der Waals surface area contributed by atoms with E-state index in [9.17, 15) is 9.59 Å². The van der Waals surface area contributed by atoms with Gasteiger partial charge in [-0.1, -0.05) is 35.3 Å². The van der Waals surface area contributed by atoms with Gasteiger partial charge in [-0.3, -0.25) is 19.4 Å². The first-order valence-electron chi connectivity index (χ1n) is 11.2. The van der Waals surface area contributed by atoms with Crippen LogP contribution >= 0.6 is 23.2 Å². The Morgan fingerprint density at radius 2 is 1.64 bits per heavy atom. The Kier molecular flexibility index (Phi) is 8.22. The molecule has 0 saturated carbocycles. The molecule has 2 N–H and O–H groups in total. The van der Waals surface area contributed by atoms with Crippen molar-refractivity contribution < 1.29 is 14.3 Å². The number of hydrogen-bond donors (Lipinski definition) is 2. The molecule has 2 fully saturated rings. The second-order valence-corrected chi connectivity index (χ2v) is 9.28. The van der Waals surface area contributed by atoms with Crippen molar-refractivity contribution in [3.63, 3.8) is 0 Å². The van der Waals surface area contributed by atoms with Crippen LogP contribution in [-0.2, 0) is 20.9 Å². The lowest BCUT2D eigenvalue weighted by Gasteiger charge is -2.26.